The van der Waals surface area contributed by atoms with E-state index in [1.165, 1.54) is 0 Å². The Kier molecular flexibility index (Phi) is 7.07. The summed E-state index contributed by atoms with van der Waals surface area (Å²) in [4.78, 5) is 16.1. The molecule has 0 saturated carbocycles. The smallest absolute Gasteiger partial charge is 0.236 e. The molecule has 1 amide bonds. The van der Waals surface area contributed by atoms with Crippen LogP contribution in [0, 0.1) is 0 Å². The number of pyridine rings is 1. The van der Waals surface area contributed by atoms with Crippen LogP contribution in [0.5, 0.6) is 0 Å². The third-order valence-corrected chi connectivity index (χ3v) is 2.85. The van der Waals surface area contributed by atoms with Crippen LogP contribution in [0.3, 0.4) is 0 Å². The SMILES string of the molecule is COCCCNC(=O)C(C)N[C@@H](C)c1ccccn1. The lowest BCUT2D eigenvalue weighted by molar-refractivity contribution is -0.122. The van der Waals surface area contributed by atoms with Crippen molar-refractivity contribution in [1.29, 1.82) is 0 Å². The van der Waals surface area contributed by atoms with Crippen LogP contribution in [0.4, 0.5) is 0 Å². The summed E-state index contributed by atoms with van der Waals surface area (Å²) in [5.41, 5.74) is 0.932. The van der Waals surface area contributed by atoms with Crippen molar-refractivity contribution >= 4 is 5.91 Å². The van der Waals surface area contributed by atoms with Crippen LogP contribution in [0.15, 0.2) is 24.4 Å². The molecule has 0 spiro atoms. The van der Waals surface area contributed by atoms with Crippen molar-refractivity contribution in [2.45, 2.75) is 32.4 Å². The number of hydrogen-bond acceptors (Lipinski definition) is 4. The van der Waals surface area contributed by atoms with Crippen molar-refractivity contribution < 1.29 is 9.53 Å². The van der Waals surface area contributed by atoms with Crippen LogP contribution in [-0.4, -0.2) is 37.2 Å². The van der Waals surface area contributed by atoms with Crippen molar-refractivity contribution in [3.63, 3.8) is 0 Å². The van der Waals surface area contributed by atoms with Gasteiger partial charge in [0, 0.05) is 32.5 Å². The maximum Gasteiger partial charge on any atom is 0.236 e. The zero-order chi connectivity index (χ0) is 14.1. The van der Waals surface area contributed by atoms with Gasteiger partial charge >= 0.3 is 0 Å². The quantitative estimate of drug-likeness (QED) is 0.695. The zero-order valence-corrected chi connectivity index (χ0v) is 11.8. The number of hydrogen-bond donors (Lipinski definition) is 2. The molecule has 0 aromatic carbocycles. The molecule has 0 bridgehead atoms. The Hall–Kier alpha value is -1.46. The fourth-order valence-corrected chi connectivity index (χ4v) is 1.75. The summed E-state index contributed by atoms with van der Waals surface area (Å²) in [7, 11) is 1.65. The lowest BCUT2D eigenvalue weighted by Gasteiger charge is -2.19. The van der Waals surface area contributed by atoms with E-state index in [-0.39, 0.29) is 18.0 Å². The lowest BCUT2D eigenvalue weighted by atomic mass is 10.2. The third kappa shape index (κ3) is 5.81. The molecular formula is C14H23N3O2. The number of rotatable bonds is 8. The van der Waals surface area contributed by atoms with E-state index in [0.717, 1.165) is 12.1 Å². The van der Waals surface area contributed by atoms with E-state index in [4.69, 9.17) is 4.74 Å². The number of nitrogens with one attached hydrogen (secondary N) is 2. The average molecular weight is 265 g/mol. The van der Waals surface area contributed by atoms with Gasteiger partial charge in [0.2, 0.25) is 5.91 Å². The largest absolute Gasteiger partial charge is 0.385 e. The van der Waals surface area contributed by atoms with Crippen LogP contribution in [0.1, 0.15) is 32.0 Å². The highest BCUT2D eigenvalue weighted by Crippen LogP contribution is 2.08. The van der Waals surface area contributed by atoms with Crippen molar-refractivity contribution in [2.75, 3.05) is 20.3 Å². The maximum absolute atomic E-state index is 11.8. The zero-order valence-electron chi connectivity index (χ0n) is 11.8. The van der Waals surface area contributed by atoms with Crippen molar-refractivity contribution in [3.8, 4) is 0 Å². The second kappa shape index (κ2) is 8.61. The van der Waals surface area contributed by atoms with E-state index in [1.807, 2.05) is 32.0 Å². The van der Waals surface area contributed by atoms with Gasteiger partial charge in [-0.15, -0.1) is 0 Å². The molecule has 5 heteroatoms. The molecule has 0 aliphatic rings. The van der Waals surface area contributed by atoms with Gasteiger partial charge in [0.15, 0.2) is 0 Å². The highest BCUT2D eigenvalue weighted by molar-refractivity contribution is 5.81. The summed E-state index contributed by atoms with van der Waals surface area (Å²) in [5.74, 6) is -0.00103. The van der Waals surface area contributed by atoms with E-state index in [2.05, 4.69) is 15.6 Å². The molecule has 1 unspecified atom stereocenters. The Morgan fingerprint density at radius 3 is 2.84 bits per heavy atom. The first-order chi connectivity index (χ1) is 9.15. The molecule has 2 atom stereocenters. The Morgan fingerprint density at radius 1 is 1.42 bits per heavy atom. The normalized spacial score (nSPS) is 13.8. The van der Waals surface area contributed by atoms with Gasteiger partial charge in [-0.2, -0.15) is 0 Å². The van der Waals surface area contributed by atoms with Crippen molar-refractivity contribution in [2.24, 2.45) is 0 Å². The first kappa shape index (κ1) is 15.6. The first-order valence-electron chi connectivity index (χ1n) is 6.58. The van der Waals surface area contributed by atoms with E-state index < -0.39 is 0 Å². The predicted octanol–water partition coefficient (Wildman–Crippen LogP) is 1.27. The van der Waals surface area contributed by atoms with E-state index in [0.29, 0.717) is 13.2 Å². The predicted molar refractivity (Wildman–Crippen MR) is 74.8 cm³/mol. The Labute approximate surface area is 114 Å². The molecule has 1 aromatic rings. The van der Waals surface area contributed by atoms with E-state index >= 15 is 0 Å². The van der Waals surface area contributed by atoms with E-state index in [1.54, 1.807) is 13.3 Å². The number of ether oxygens (including phenoxy) is 1. The van der Waals surface area contributed by atoms with Gasteiger partial charge in [0.25, 0.3) is 0 Å². The Bertz CT molecular complexity index is 370. The van der Waals surface area contributed by atoms with Crippen LogP contribution in [-0.2, 0) is 9.53 Å². The Balaban J connectivity index is 2.33. The molecule has 5 nitrogen and oxygen atoms in total. The van der Waals surface area contributed by atoms with Gasteiger partial charge in [0.1, 0.15) is 0 Å². The summed E-state index contributed by atoms with van der Waals surface area (Å²) in [6.45, 7) is 5.14. The monoisotopic (exact) mass is 265 g/mol. The third-order valence-electron chi connectivity index (χ3n) is 2.85. The van der Waals surface area contributed by atoms with Gasteiger partial charge in [-0.1, -0.05) is 6.07 Å². The summed E-state index contributed by atoms with van der Waals surface area (Å²) >= 11 is 0. The molecule has 1 heterocycles. The van der Waals surface area contributed by atoms with Gasteiger partial charge in [0.05, 0.1) is 11.7 Å². The minimum absolute atomic E-state index is 0.00103. The number of aromatic nitrogens is 1. The summed E-state index contributed by atoms with van der Waals surface area (Å²) < 4.78 is 4.93. The van der Waals surface area contributed by atoms with Gasteiger partial charge < -0.3 is 10.1 Å². The number of nitrogens with zero attached hydrogens (tertiary/aromatic N) is 1. The van der Waals surface area contributed by atoms with Crippen molar-refractivity contribution in [1.82, 2.24) is 15.6 Å². The van der Waals surface area contributed by atoms with Crippen LogP contribution >= 0.6 is 0 Å². The fraction of sp³-hybridized carbons (Fsp3) is 0.571. The van der Waals surface area contributed by atoms with Gasteiger partial charge in [-0.25, -0.2) is 0 Å². The number of methoxy groups -OCH3 is 1. The summed E-state index contributed by atoms with van der Waals surface area (Å²) in [5, 5.41) is 6.10. The van der Waals surface area contributed by atoms with E-state index in [9.17, 15) is 4.79 Å². The van der Waals surface area contributed by atoms with Crippen molar-refractivity contribution in [3.05, 3.63) is 30.1 Å². The number of carbonyl (C=O) groups is 1. The molecule has 106 valence electrons. The summed E-state index contributed by atoms with van der Waals surface area (Å²) in [6, 6.07) is 5.56. The second-order valence-electron chi connectivity index (χ2n) is 4.50. The minimum atomic E-state index is -0.250. The average Bonchev–Trinajstić information content (AvgIpc) is 2.44. The lowest BCUT2D eigenvalue weighted by Crippen LogP contribution is -2.43. The molecule has 0 saturated heterocycles. The molecule has 2 N–H and O–H groups in total. The maximum atomic E-state index is 11.8. The van der Waals surface area contributed by atoms with Gasteiger partial charge in [-0.05, 0) is 32.4 Å². The molecule has 1 rings (SSSR count). The fourth-order valence-electron chi connectivity index (χ4n) is 1.75. The molecule has 19 heavy (non-hydrogen) atoms. The van der Waals surface area contributed by atoms with Gasteiger partial charge in [-0.3, -0.25) is 15.1 Å². The highest BCUT2D eigenvalue weighted by atomic mass is 16.5. The highest BCUT2D eigenvalue weighted by Gasteiger charge is 2.16. The molecule has 0 radical (unpaired) electrons. The second-order valence-corrected chi connectivity index (χ2v) is 4.50. The standard InChI is InChI=1S/C14H23N3O2/c1-11(13-7-4-5-8-15-13)17-12(2)14(18)16-9-6-10-19-3/h4-5,7-8,11-12,17H,6,9-10H2,1-3H3,(H,16,18)/t11-,12?/m0/s1. The van der Waals surface area contributed by atoms with Crippen LogP contribution in [0.25, 0.3) is 0 Å². The Morgan fingerprint density at radius 2 is 2.21 bits per heavy atom. The number of carbonyl (C=O) groups excluding carboxylic acids is 1. The number of amides is 1. The minimum Gasteiger partial charge on any atom is -0.385 e. The topological polar surface area (TPSA) is 63.2 Å². The molecular weight excluding hydrogens is 242 g/mol. The molecule has 0 aliphatic carbocycles. The molecule has 0 aliphatic heterocycles. The van der Waals surface area contributed by atoms with Crippen LogP contribution in [0.2, 0.25) is 0 Å². The first-order valence-corrected chi connectivity index (χ1v) is 6.58. The molecule has 0 fully saturated rings. The van der Waals surface area contributed by atoms with Crippen LogP contribution < -0.4 is 10.6 Å². The molecule has 1 aromatic heterocycles. The summed E-state index contributed by atoms with van der Waals surface area (Å²) in [6.07, 6.45) is 2.58.